The number of nitrogens with zero attached hydrogens (tertiary/aromatic N) is 5. The van der Waals surface area contributed by atoms with Crippen LogP contribution in [-0.4, -0.2) is 52.1 Å². The molecular formula is C19H17ClN6O2. The number of hydrogen-bond acceptors (Lipinski definition) is 7. The zero-order valence-corrected chi connectivity index (χ0v) is 15.6. The van der Waals surface area contributed by atoms with E-state index in [0.29, 0.717) is 54.2 Å². The molecule has 9 heteroatoms. The topological polar surface area (TPSA) is 93.1 Å². The second-order valence-electron chi connectivity index (χ2n) is 6.06. The van der Waals surface area contributed by atoms with E-state index in [4.69, 9.17) is 16.3 Å². The maximum atomic E-state index is 12.5. The van der Waals surface area contributed by atoms with Crippen molar-refractivity contribution in [2.24, 2.45) is 0 Å². The van der Waals surface area contributed by atoms with Crippen molar-refractivity contribution in [1.82, 2.24) is 19.9 Å². The highest BCUT2D eigenvalue weighted by molar-refractivity contribution is 6.33. The molecule has 1 aliphatic rings. The van der Waals surface area contributed by atoms with Gasteiger partial charge in [0.15, 0.2) is 5.82 Å². The molecule has 1 saturated heterocycles. The molecule has 0 unspecified atom stereocenters. The van der Waals surface area contributed by atoms with Gasteiger partial charge in [0.05, 0.1) is 23.8 Å². The Morgan fingerprint density at radius 2 is 1.89 bits per heavy atom. The molecule has 0 radical (unpaired) electrons. The number of ether oxygens (including phenoxy) is 1. The maximum Gasteiger partial charge on any atom is 0.259 e. The van der Waals surface area contributed by atoms with Crippen molar-refractivity contribution in [1.29, 1.82) is 0 Å². The Kier molecular flexibility index (Phi) is 5.41. The lowest BCUT2D eigenvalue weighted by Gasteiger charge is -2.27. The summed E-state index contributed by atoms with van der Waals surface area (Å²) < 4.78 is 5.40. The van der Waals surface area contributed by atoms with E-state index < -0.39 is 0 Å². The number of hydrogen-bond donors (Lipinski definition) is 1. The number of aromatic nitrogens is 4. The highest BCUT2D eigenvalue weighted by atomic mass is 35.5. The first-order valence-corrected chi connectivity index (χ1v) is 9.13. The minimum atomic E-state index is -0.350. The average Bonchev–Trinajstić information content (AvgIpc) is 2.75. The van der Waals surface area contributed by atoms with Crippen molar-refractivity contribution in [2.45, 2.75) is 0 Å². The standard InChI is InChI=1S/C19H17ClN6O2/c20-15-6-2-1-5-14(15)16-22-18(24-17(27)13-4-3-7-21-12-13)25-19(23-16)26-8-10-28-11-9-26/h1-7,12H,8-11H2,(H,22,23,24,25,27). The van der Waals surface area contributed by atoms with Crippen molar-refractivity contribution in [3.63, 3.8) is 0 Å². The van der Waals surface area contributed by atoms with Crippen LogP contribution < -0.4 is 10.2 Å². The Labute approximate surface area is 166 Å². The summed E-state index contributed by atoms with van der Waals surface area (Å²) in [5, 5.41) is 3.24. The summed E-state index contributed by atoms with van der Waals surface area (Å²) in [6, 6.07) is 10.6. The van der Waals surface area contributed by atoms with Crippen molar-refractivity contribution in [3.05, 3.63) is 59.4 Å². The van der Waals surface area contributed by atoms with Gasteiger partial charge in [-0.1, -0.05) is 23.7 Å². The molecule has 1 fully saturated rings. The molecule has 28 heavy (non-hydrogen) atoms. The molecule has 1 N–H and O–H groups in total. The molecule has 3 heterocycles. The van der Waals surface area contributed by atoms with Crippen LogP contribution >= 0.6 is 11.6 Å². The molecule has 8 nitrogen and oxygen atoms in total. The molecule has 2 aromatic heterocycles. The third-order valence-electron chi connectivity index (χ3n) is 4.18. The smallest absolute Gasteiger partial charge is 0.259 e. The Morgan fingerprint density at radius 3 is 2.64 bits per heavy atom. The van der Waals surface area contributed by atoms with Gasteiger partial charge in [0.1, 0.15) is 0 Å². The van der Waals surface area contributed by atoms with Crippen LogP contribution in [0.4, 0.5) is 11.9 Å². The Bertz CT molecular complexity index is 979. The van der Waals surface area contributed by atoms with E-state index in [2.05, 4.69) is 25.3 Å². The fraction of sp³-hybridized carbons (Fsp3) is 0.211. The number of benzene rings is 1. The summed E-state index contributed by atoms with van der Waals surface area (Å²) in [6.45, 7) is 2.49. The van der Waals surface area contributed by atoms with Crippen LogP contribution in [0.3, 0.4) is 0 Å². The van der Waals surface area contributed by atoms with Gasteiger partial charge < -0.3 is 9.64 Å². The first kappa shape index (κ1) is 18.3. The van der Waals surface area contributed by atoms with Gasteiger partial charge in [-0.3, -0.25) is 15.1 Å². The van der Waals surface area contributed by atoms with E-state index in [0.717, 1.165) is 0 Å². The summed E-state index contributed by atoms with van der Waals surface area (Å²) in [5.74, 6) is 0.663. The number of anilines is 2. The van der Waals surface area contributed by atoms with E-state index in [1.165, 1.54) is 6.20 Å². The van der Waals surface area contributed by atoms with E-state index in [1.807, 2.05) is 23.1 Å². The second-order valence-corrected chi connectivity index (χ2v) is 6.46. The van der Waals surface area contributed by atoms with Gasteiger partial charge >= 0.3 is 0 Å². The van der Waals surface area contributed by atoms with Gasteiger partial charge in [-0.15, -0.1) is 0 Å². The van der Waals surface area contributed by atoms with Crippen molar-refractivity contribution >= 4 is 29.4 Å². The number of nitrogens with one attached hydrogen (secondary N) is 1. The van der Waals surface area contributed by atoms with Crippen LogP contribution in [0.5, 0.6) is 0 Å². The average molecular weight is 397 g/mol. The van der Waals surface area contributed by atoms with Gasteiger partial charge in [0.2, 0.25) is 11.9 Å². The van der Waals surface area contributed by atoms with Gasteiger partial charge in [0.25, 0.3) is 5.91 Å². The lowest BCUT2D eigenvalue weighted by molar-refractivity contribution is 0.102. The number of morpholine rings is 1. The quantitative estimate of drug-likeness (QED) is 0.724. The summed E-state index contributed by atoms with van der Waals surface area (Å²) in [5.41, 5.74) is 1.08. The van der Waals surface area contributed by atoms with Crippen LogP contribution in [0.25, 0.3) is 11.4 Å². The van der Waals surface area contributed by atoms with E-state index >= 15 is 0 Å². The summed E-state index contributed by atoms with van der Waals surface area (Å²) in [7, 11) is 0. The van der Waals surface area contributed by atoms with Crippen LogP contribution in [0, 0.1) is 0 Å². The first-order valence-electron chi connectivity index (χ1n) is 8.76. The lowest BCUT2D eigenvalue weighted by atomic mass is 10.2. The number of rotatable bonds is 4. The monoisotopic (exact) mass is 396 g/mol. The minimum absolute atomic E-state index is 0.153. The third-order valence-corrected chi connectivity index (χ3v) is 4.51. The molecule has 4 rings (SSSR count). The van der Waals surface area contributed by atoms with Gasteiger partial charge in [-0.05, 0) is 24.3 Å². The molecule has 0 bridgehead atoms. The van der Waals surface area contributed by atoms with Crippen LogP contribution in [0.1, 0.15) is 10.4 Å². The summed E-state index contributed by atoms with van der Waals surface area (Å²) >= 11 is 6.32. The highest BCUT2D eigenvalue weighted by Crippen LogP contribution is 2.27. The molecule has 0 aliphatic carbocycles. The zero-order valence-electron chi connectivity index (χ0n) is 14.9. The third kappa shape index (κ3) is 4.08. The number of halogens is 1. The number of amides is 1. The molecular weight excluding hydrogens is 380 g/mol. The molecule has 1 aromatic carbocycles. The summed E-state index contributed by atoms with van der Waals surface area (Å²) in [6.07, 6.45) is 3.08. The molecule has 0 saturated carbocycles. The van der Waals surface area contributed by atoms with Crippen molar-refractivity contribution in [3.8, 4) is 11.4 Å². The highest BCUT2D eigenvalue weighted by Gasteiger charge is 2.19. The van der Waals surface area contributed by atoms with E-state index in [9.17, 15) is 4.79 Å². The molecule has 142 valence electrons. The molecule has 1 amide bonds. The fourth-order valence-corrected chi connectivity index (χ4v) is 2.98. The Morgan fingerprint density at radius 1 is 1.07 bits per heavy atom. The van der Waals surface area contributed by atoms with E-state index in [-0.39, 0.29) is 11.9 Å². The SMILES string of the molecule is O=C(Nc1nc(-c2ccccc2Cl)nc(N2CCOCC2)n1)c1cccnc1. The molecule has 0 spiro atoms. The Hall–Kier alpha value is -3.10. The number of carbonyl (C=O) groups is 1. The molecule has 3 aromatic rings. The lowest BCUT2D eigenvalue weighted by Crippen LogP contribution is -2.37. The number of pyridine rings is 1. The normalized spacial score (nSPS) is 14.0. The van der Waals surface area contributed by atoms with Crippen LogP contribution in [0.2, 0.25) is 5.02 Å². The zero-order chi connectivity index (χ0) is 19.3. The second kappa shape index (κ2) is 8.28. The van der Waals surface area contributed by atoms with Crippen LogP contribution in [0.15, 0.2) is 48.8 Å². The minimum Gasteiger partial charge on any atom is -0.378 e. The van der Waals surface area contributed by atoms with Crippen LogP contribution in [-0.2, 0) is 4.74 Å². The fourth-order valence-electron chi connectivity index (χ4n) is 2.76. The first-order chi connectivity index (χ1) is 13.7. The van der Waals surface area contributed by atoms with Crippen molar-refractivity contribution < 1.29 is 9.53 Å². The van der Waals surface area contributed by atoms with Gasteiger partial charge in [0, 0.05) is 31.0 Å². The van der Waals surface area contributed by atoms with Crippen molar-refractivity contribution in [2.75, 3.05) is 36.5 Å². The predicted octanol–water partition coefficient (Wildman–Crippen LogP) is 2.68. The molecule has 0 atom stereocenters. The largest absolute Gasteiger partial charge is 0.378 e. The number of carbonyl (C=O) groups excluding carboxylic acids is 1. The van der Waals surface area contributed by atoms with E-state index in [1.54, 1.807) is 24.4 Å². The maximum absolute atomic E-state index is 12.5. The summed E-state index contributed by atoms with van der Waals surface area (Å²) in [4.78, 5) is 31.9. The molecule has 1 aliphatic heterocycles. The predicted molar refractivity (Wildman–Crippen MR) is 105 cm³/mol. The van der Waals surface area contributed by atoms with Gasteiger partial charge in [-0.25, -0.2) is 0 Å². The Balaban J connectivity index is 1.71. The van der Waals surface area contributed by atoms with Gasteiger partial charge in [-0.2, -0.15) is 15.0 Å².